The van der Waals surface area contributed by atoms with Crippen molar-refractivity contribution in [2.45, 2.75) is 44.6 Å². The number of nitrogens with one attached hydrogen (secondary N) is 2. The Balaban J connectivity index is 2.33. The van der Waals surface area contributed by atoms with Crippen molar-refractivity contribution < 1.29 is 9.53 Å². The van der Waals surface area contributed by atoms with Gasteiger partial charge < -0.3 is 15.4 Å². The van der Waals surface area contributed by atoms with Crippen LogP contribution in [0.25, 0.3) is 0 Å². The lowest BCUT2D eigenvalue weighted by Gasteiger charge is -2.21. The van der Waals surface area contributed by atoms with Gasteiger partial charge in [0.1, 0.15) is 11.6 Å². The molecular formula is C14H23N3O2. The first-order valence-electron chi connectivity index (χ1n) is 6.91. The summed E-state index contributed by atoms with van der Waals surface area (Å²) in [7, 11) is 1.62. The first-order valence-corrected chi connectivity index (χ1v) is 6.91. The maximum absolute atomic E-state index is 11.7. The van der Waals surface area contributed by atoms with Crippen molar-refractivity contribution in [2.24, 2.45) is 0 Å². The summed E-state index contributed by atoms with van der Waals surface area (Å²) in [6.07, 6.45) is 8.26. The number of carbonyl (C=O) groups excluding carboxylic acids is 1. The second-order valence-electron chi connectivity index (χ2n) is 4.77. The van der Waals surface area contributed by atoms with Crippen LogP contribution >= 0.6 is 0 Å². The van der Waals surface area contributed by atoms with E-state index in [1.54, 1.807) is 13.3 Å². The van der Waals surface area contributed by atoms with Crippen molar-refractivity contribution in [3.63, 3.8) is 0 Å². The highest BCUT2D eigenvalue weighted by molar-refractivity contribution is 5.97. The van der Waals surface area contributed by atoms with E-state index in [1.165, 1.54) is 19.3 Å². The highest BCUT2D eigenvalue weighted by Gasteiger charge is 2.13. The van der Waals surface area contributed by atoms with Crippen molar-refractivity contribution in [1.29, 1.82) is 5.26 Å². The molecule has 0 aromatic carbocycles. The average molecular weight is 265 g/mol. The monoisotopic (exact) mass is 265 g/mol. The molecular weight excluding hydrogens is 242 g/mol. The zero-order valence-corrected chi connectivity index (χ0v) is 11.6. The Morgan fingerprint density at radius 2 is 2.16 bits per heavy atom. The van der Waals surface area contributed by atoms with Gasteiger partial charge in [0.25, 0.3) is 5.91 Å². The molecule has 5 nitrogen and oxygen atoms in total. The molecule has 0 aliphatic heterocycles. The van der Waals surface area contributed by atoms with Crippen LogP contribution in [0.3, 0.4) is 0 Å². The Kier molecular flexibility index (Phi) is 7.68. The number of methoxy groups -OCH3 is 1. The normalized spacial score (nSPS) is 16.7. The van der Waals surface area contributed by atoms with E-state index in [0.29, 0.717) is 19.2 Å². The van der Waals surface area contributed by atoms with E-state index in [-0.39, 0.29) is 11.5 Å². The van der Waals surface area contributed by atoms with Crippen LogP contribution in [-0.4, -0.2) is 32.2 Å². The molecule has 0 heterocycles. The largest absolute Gasteiger partial charge is 0.387 e. The van der Waals surface area contributed by atoms with E-state index < -0.39 is 0 Å². The third-order valence-corrected chi connectivity index (χ3v) is 3.24. The summed E-state index contributed by atoms with van der Waals surface area (Å²) in [6, 6.07) is 2.34. The predicted octanol–water partition coefficient (Wildman–Crippen LogP) is 1.47. The summed E-state index contributed by atoms with van der Waals surface area (Å²) < 4.78 is 4.89. The molecule has 0 saturated heterocycles. The van der Waals surface area contributed by atoms with E-state index in [0.717, 1.165) is 19.3 Å². The standard InChI is InChI=1S/C14H23N3O2/c1-19-9-5-8-16-14(18)12(10-15)11-17-13-6-3-2-4-7-13/h11,13,17H,2-9H2,1H3,(H,16,18)/b12-11-. The quantitative estimate of drug-likeness (QED) is 0.415. The molecule has 0 spiro atoms. The van der Waals surface area contributed by atoms with Gasteiger partial charge in [-0.2, -0.15) is 5.26 Å². The van der Waals surface area contributed by atoms with E-state index in [4.69, 9.17) is 10.00 Å². The SMILES string of the molecule is COCCCNC(=O)/C(C#N)=C\NC1CCCCC1. The fraction of sp³-hybridized carbons (Fsp3) is 0.714. The van der Waals surface area contributed by atoms with Gasteiger partial charge in [-0.1, -0.05) is 19.3 Å². The van der Waals surface area contributed by atoms with Crippen molar-refractivity contribution in [3.8, 4) is 6.07 Å². The Labute approximate surface area is 115 Å². The fourth-order valence-electron chi connectivity index (χ4n) is 2.13. The summed E-state index contributed by atoms with van der Waals surface area (Å²) in [6.45, 7) is 1.13. The van der Waals surface area contributed by atoms with E-state index in [9.17, 15) is 4.79 Å². The van der Waals surface area contributed by atoms with Crippen LogP contribution in [0.4, 0.5) is 0 Å². The third kappa shape index (κ3) is 6.25. The number of carbonyl (C=O) groups is 1. The third-order valence-electron chi connectivity index (χ3n) is 3.24. The number of rotatable bonds is 7. The van der Waals surface area contributed by atoms with Gasteiger partial charge in [-0.3, -0.25) is 4.79 Å². The van der Waals surface area contributed by atoms with Gasteiger partial charge in [0.15, 0.2) is 0 Å². The van der Waals surface area contributed by atoms with Gasteiger partial charge in [0, 0.05) is 32.5 Å². The van der Waals surface area contributed by atoms with Crippen LogP contribution in [0.5, 0.6) is 0 Å². The maximum atomic E-state index is 11.7. The molecule has 1 rings (SSSR count). The van der Waals surface area contributed by atoms with Gasteiger partial charge in [0.2, 0.25) is 0 Å². The Bertz CT molecular complexity index is 341. The lowest BCUT2D eigenvalue weighted by Crippen LogP contribution is -2.30. The van der Waals surface area contributed by atoms with Gasteiger partial charge >= 0.3 is 0 Å². The minimum atomic E-state index is -0.318. The Morgan fingerprint density at radius 1 is 1.42 bits per heavy atom. The first-order chi connectivity index (χ1) is 9.27. The predicted molar refractivity (Wildman–Crippen MR) is 73.2 cm³/mol. The van der Waals surface area contributed by atoms with Crippen LogP contribution in [0.1, 0.15) is 38.5 Å². The van der Waals surface area contributed by atoms with Gasteiger partial charge in [-0.05, 0) is 19.3 Å². The number of nitrogens with zero attached hydrogens (tertiary/aromatic N) is 1. The highest BCUT2D eigenvalue weighted by Crippen LogP contribution is 2.17. The first kappa shape index (κ1) is 15.5. The second kappa shape index (κ2) is 9.40. The number of ether oxygens (including phenoxy) is 1. The molecule has 1 fully saturated rings. The molecule has 19 heavy (non-hydrogen) atoms. The second-order valence-corrected chi connectivity index (χ2v) is 4.77. The molecule has 1 amide bonds. The topological polar surface area (TPSA) is 74.1 Å². The highest BCUT2D eigenvalue weighted by atomic mass is 16.5. The molecule has 1 aliphatic carbocycles. The molecule has 0 aromatic rings. The summed E-state index contributed by atoms with van der Waals surface area (Å²) >= 11 is 0. The lowest BCUT2D eigenvalue weighted by molar-refractivity contribution is -0.117. The molecule has 0 unspecified atom stereocenters. The Morgan fingerprint density at radius 3 is 2.79 bits per heavy atom. The molecule has 1 aliphatic rings. The van der Waals surface area contributed by atoms with Crippen LogP contribution in [0.2, 0.25) is 0 Å². The van der Waals surface area contributed by atoms with Crippen molar-refractivity contribution in [3.05, 3.63) is 11.8 Å². The summed E-state index contributed by atoms with van der Waals surface area (Å²) in [5, 5.41) is 14.9. The Hall–Kier alpha value is -1.54. The van der Waals surface area contributed by atoms with Crippen LogP contribution in [0, 0.1) is 11.3 Å². The molecule has 1 saturated carbocycles. The van der Waals surface area contributed by atoms with E-state index in [1.807, 2.05) is 6.07 Å². The number of nitriles is 1. The number of hydrogen-bond acceptors (Lipinski definition) is 4. The molecule has 0 bridgehead atoms. The average Bonchev–Trinajstić information content (AvgIpc) is 2.45. The number of hydrogen-bond donors (Lipinski definition) is 2. The molecule has 0 atom stereocenters. The van der Waals surface area contributed by atoms with Crippen LogP contribution < -0.4 is 10.6 Å². The zero-order valence-electron chi connectivity index (χ0n) is 11.6. The number of amides is 1. The fourth-order valence-corrected chi connectivity index (χ4v) is 2.13. The lowest BCUT2D eigenvalue weighted by atomic mass is 9.96. The van der Waals surface area contributed by atoms with Crippen LogP contribution in [-0.2, 0) is 9.53 Å². The summed E-state index contributed by atoms with van der Waals surface area (Å²) in [4.78, 5) is 11.7. The van der Waals surface area contributed by atoms with Crippen molar-refractivity contribution >= 4 is 5.91 Å². The van der Waals surface area contributed by atoms with Crippen LogP contribution in [0.15, 0.2) is 11.8 Å². The van der Waals surface area contributed by atoms with E-state index in [2.05, 4.69) is 10.6 Å². The minimum absolute atomic E-state index is 0.142. The summed E-state index contributed by atoms with van der Waals surface area (Å²) in [5.74, 6) is -0.318. The maximum Gasteiger partial charge on any atom is 0.263 e. The summed E-state index contributed by atoms with van der Waals surface area (Å²) in [5.41, 5.74) is 0.142. The van der Waals surface area contributed by atoms with E-state index >= 15 is 0 Å². The van der Waals surface area contributed by atoms with Crippen molar-refractivity contribution in [1.82, 2.24) is 10.6 Å². The van der Waals surface area contributed by atoms with Gasteiger partial charge in [-0.15, -0.1) is 0 Å². The molecule has 0 radical (unpaired) electrons. The smallest absolute Gasteiger partial charge is 0.263 e. The molecule has 106 valence electrons. The minimum Gasteiger partial charge on any atom is -0.387 e. The molecule has 5 heteroatoms. The van der Waals surface area contributed by atoms with Gasteiger partial charge in [-0.25, -0.2) is 0 Å². The van der Waals surface area contributed by atoms with Crippen molar-refractivity contribution in [2.75, 3.05) is 20.3 Å². The zero-order chi connectivity index (χ0) is 13.9. The van der Waals surface area contributed by atoms with Gasteiger partial charge in [0.05, 0.1) is 0 Å². The molecule has 0 aromatic heterocycles. The molecule has 2 N–H and O–H groups in total.